The van der Waals surface area contributed by atoms with Gasteiger partial charge in [0.2, 0.25) is 0 Å². The standard InChI is InChI=1S/C24H29N/c1-8-23(5,6)17-10-12-19-18-11-9-16(22(2,3)4)13-20(18)24(7,15-25)21(19)14-17/h9-14H,8H2,1-7H3. The summed E-state index contributed by atoms with van der Waals surface area (Å²) in [4.78, 5) is 0. The number of hydrogen-bond donors (Lipinski definition) is 0. The first-order valence-corrected chi connectivity index (χ1v) is 9.26. The molecular formula is C24H29N. The number of fused-ring (bicyclic) bond motifs is 3. The summed E-state index contributed by atoms with van der Waals surface area (Å²) in [7, 11) is 0. The van der Waals surface area contributed by atoms with E-state index in [1.165, 1.54) is 22.3 Å². The molecule has 1 unspecified atom stereocenters. The molecule has 0 bridgehead atoms. The van der Waals surface area contributed by atoms with Gasteiger partial charge in [0.1, 0.15) is 5.41 Å². The fourth-order valence-corrected chi connectivity index (χ4v) is 3.74. The van der Waals surface area contributed by atoms with Crippen molar-refractivity contribution in [2.75, 3.05) is 0 Å². The molecule has 1 nitrogen and oxygen atoms in total. The Morgan fingerprint density at radius 3 is 1.80 bits per heavy atom. The van der Waals surface area contributed by atoms with Gasteiger partial charge in [0.25, 0.3) is 0 Å². The monoisotopic (exact) mass is 331 g/mol. The predicted octanol–water partition coefficient (Wildman–Crippen LogP) is 6.48. The number of hydrogen-bond acceptors (Lipinski definition) is 1. The summed E-state index contributed by atoms with van der Waals surface area (Å²) in [5.41, 5.74) is 6.98. The van der Waals surface area contributed by atoms with E-state index >= 15 is 0 Å². The maximum atomic E-state index is 10.1. The summed E-state index contributed by atoms with van der Waals surface area (Å²) < 4.78 is 0. The lowest BCUT2D eigenvalue weighted by molar-refractivity contribution is 0.505. The highest BCUT2D eigenvalue weighted by Crippen LogP contribution is 2.50. The second-order valence-corrected chi connectivity index (χ2v) is 9.24. The minimum Gasteiger partial charge on any atom is -0.197 e. The van der Waals surface area contributed by atoms with Crippen LogP contribution < -0.4 is 0 Å². The Balaban J connectivity index is 2.26. The van der Waals surface area contributed by atoms with Crippen molar-refractivity contribution in [3.05, 3.63) is 58.7 Å². The van der Waals surface area contributed by atoms with Crippen LogP contribution in [0.25, 0.3) is 11.1 Å². The van der Waals surface area contributed by atoms with Crippen molar-refractivity contribution >= 4 is 0 Å². The summed E-state index contributed by atoms with van der Waals surface area (Å²) in [6.45, 7) is 15.5. The van der Waals surface area contributed by atoms with Crippen LogP contribution in [0.4, 0.5) is 0 Å². The van der Waals surface area contributed by atoms with Gasteiger partial charge in [0.15, 0.2) is 0 Å². The van der Waals surface area contributed by atoms with E-state index in [1.807, 2.05) is 0 Å². The number of benzene rings is 2. The molecule has 0 amide bonds. The minimum atomic E-state index is -0.578. The fourth-order valence-electron chi connectivity index (χ4n) is 3.74. The summed E-state index contributed by atoms with van der Waals surface area (Å²) in [6, 6.07) is 16.1. The number of nitrogens with zero attached hydrogens (tertiary/aromatic N) is 1. The van der Waals surface area contributed by atoms with Gasteiger partial charge in [-0.2, -0.15) is 5.26 Å². The molecule has 0 saturated heterocycles. The van der Waals surface area contributed by atoms with E-state index in [0.29, 0.717) is 0 Å². The highest BCUT2D eigenvalue weighted by molar-refractivity contribution is 5.83. The van der Waals surface area contributed by atoms with Gasteiger partial charge in [0.05, 0.1) is 6.07 Å². The molecule has 3 rings (SSSR count). The zero-order chi connectivity index (χ0) is 18.6. The van der Waals surface area contributed by atoms with Crippen molar-refractivity contribution < 1.29 is 0 Å². The normalized spacial score (nSPS) is 19.3. The highest BCUT2D eigenvalue weighted by atomic mass is 14.4. The lowest BCUT2D eigenvalue weighted by Crippen LogP contribution is -2.21. The van der Waals surface area contributed by atoms with Crippen LogP contribution in [0.15, 0.2) is 36.4 Å². The molecule has 0 aromatic heterocycles. The molecule has 0 aliphatic heterocycles. The molecule has 0 spiro atoms. The van der Waals surface area contributed by atoms with Crippen molar-refractivity contribution in [2.45, 2.75) is 71.1 Å². The van der Waals surface area contributed by atoms with Crippen LogP contribution in [0.3, 0.4) is 0 Å². The van der Waals surface area contributed by atoms with Crippen LogP contribution in [0.5, 0.6) is 0 Å². The Morgan fingerprint density at radius 2 is 1.36 bits per heavy atom. The van der Waals surface area contributed by atoms with Crippen molar-refractivity contribution in [3.63, 3.8) is 0 Å². The molecule has 2 aromatic rings. The summed E-state index contributed by atoms with van der Waals surface area (Å²) >= 11 is 0. The number of nitriles is 1. The first kappa shape index (κ1) is 17.7. The van der Waals surface area contributed by atoms with E-state index in [4.69, 9.17) is 0 Å². The SMILES string of the molecule is CCC(C)(C)c1ccc2c(c1)C(C)(C#N)c1cc(C(C)(C)C)ccc1-2. The average molecular weight is 332 g/mol. The predicted molar refractivity (Wildman–Crippen MR) is 106 cm³/mol. The summed E-state index contributed by atoms with van der Waals surface area (Å²) in [6.07, 6.45) is 1.08. The Hall–Kier alpha value is -2.07. The van der Waals surface area contributed by atoms with Crippen LogP contribution in [0.1, 0.15) is 77.1 Å². The number of rotatable bonds is 2. The van der Waals surface area contributed by atoms with Crippen molar-refractivity contribution in [3.8, 4) is 17.2 Å². The molecule has 0 radical (unpaired) electrons. The van der Waals surface area contributed by atoms with Gasteiger partial charge in [-0.3, -0.25) is 0 Å². The van der Waals surface area contributed by atoms with Gasteiger partial charge in [-0.15, -0.1) is 0 Å². The molecule has 1 aliphatic carbocycles. The molecule has 2 aromatic carbocycles. The second-order valence-electron chi connectivity index (χ2n) is 9.24. The molecule has 0 saturated carbocycles. The van der Waals surface area contributed by atoms with Gasteiger partial charge in [-0.1, -0.05) is 77.9 Å². The maximum absolute atomic E-state index is 10.1. The minimum absolute atomic E-state index is 0.0789. The van der Waals surface area contributed by atoms with Crippen LogP contribution in [-0.4, -0.2) is 0 Å². The lowest BCUT2D eigenvalue weighted by Gasteiger charge is -2.26. The van der Waals surface area contributed by atoms with Gasteiger partial charge in [0, 0.05) is 0 Å². The Kier molecular flexibility index (Phi) is 3.88. The van der Waals surface area contributed by atoms with Crippen molar-refractivity contribution in [2.24, 2.45) is 0 Å². The third-order valence-corrected chi connectivity index (χ3v) is 6.16. The van der Waals surface area contributed by atoms with E-state index in [0.717, 1.165) is 17.5 Å². The fraction of sp³-hybridized carbons (Fsp3) is 0.458. The molecule has 0 fully saturated rings. The van der Waals surface area contributed by atoms with Crippen molar-refractivity contribution in [1.29, 1.82) is 5.26 Å². The zero-order valence-electron chi connectivity index (χ0n) is 16.6. The Bertz CT molecular complexity index is 874. The van der Waals surface area contributed by atoms with E-state index in [1.54, 1.807) is 0 Å². The van der Waals surface area contributed by atoms with Crippen LogP contribution in [-0.2, 0) is 16.2 Å². The first-order chi connectivity index (χ1) is 11.5. The smallest absolute Gasteiger partial charge is 0.106 e. The molecule has 0 N–H and O–H groups in total. The topological polar surface area (TPSA) is 23.8 Å². The molecule has 130 valence electrons. The Morgan fingerprint density at radius 1 is 0.880 bits per heavy atom. The van der Waals surface area contributed by atoms with Gasteiger partial charge in [-0.25, -0.2) is 0 Å². The first-order valence-electron chi connectivity index (χ1n) is 9.26. The largest absolute Gasteiger partial charge is 0.197 e. The zero-order valence-corrected chi connectivity index (χ0v) is 16.6. The van der Waals surface area contributed by atoms with E-state index < -0.39 is 5.41 Å². The molecule has 1 heteroatoms. The van der Waals surface area contributed by atoms with Crippen LogP contribution in [0, 0.1) is 11.3 Å². The third-order valence-electron chi connectivity index (χ3n) is 6.16. The van der Waals surface area contributed by atoms with E-state index in [-0.39, 0.29) is 10.8 Å². The van der Waals surface area contributed by atoms with Gasteiger partial charge < -0.3 is 0 Å². The van der Waals surface area contributed by atoms with Gasteiger partial charge >= 0.3 is 0 Å². The molecule has 1 atom stereocenters. The average Bonchev–Trinajstić information content (AvgIpc) is 2.83. The molecular weight excluding hydrogens is 302 g/mol. The molecule has 0 heterocycles. The quantitative estimate of drug-likeness (QED) is 0.617. The summed E-state index contributed by atoms with van der Waals surface area (Å²) in [5, 5.41) is 10.1. The molecule has 25 heavy (non-hydrogen) atoms. The van der Waals surface area contributed by atoms with E-state index in [2.05, 4.69) is 90.9 Å². The van der Waals surface area contributed by atoms with E-state index in [9.17, 15) is 5.26 Å². The molecule has 1 aliphatic rings. The van der Waals surface area contributed by atoms with Crippen LogP contribution in [0.2, 0.25) is 0 Å². The van der Waals surface area contributed by atoms with Crippen LogP contribution >= 0.6 is 0 Å². The maximum Gasteiger partial charge on any atom is 0.106 e. The van der Waals surface area contributed by atoms with Gasteiger partial charge in [-0.05, 0) is 57.6 Å². The third kappa shape index (κ3) is 2.60. The summed E-state index contributed by atoms with van der Waals surface area (Å²) in [5.74, 6) is 0. The lowest BCUT2D eigenvalue weighted by atomic mass is 9.76. The Labute approximate surface area is 152 Å². The van der Waals surface area contributed by atoms with Crippen molar-refractivity contribution in [1.82, 2.24) is 0 Å². The highest BCUT2D eigenvalue weighted by Gasteiger charge is 2.41. The second kappa shape index (κ2) is 5.46.